The van der Waals surface area contributed by atoms with Crippen molar-refractivity contribution in [3.63, 3.8) is 0 Å². The molecule has 0 amide bonds. The minimum absolute atomic E-state index is 1.01. The second-order valence-corrected chi connectivity index (χ2v) is 3.73. The van der Waals surface area contributed by atoms with E-state index in [1.165, 1.54) is 11.1 Å². The van der Waals surface area contributed by atoms with Gasteiger partial charge in [-0.25, -0.2) is 0 Å². The molecule has 0 aliphatic rings. The predicted octanol–water partition coefficient (Wildman–Crippen LogP) is 1.52. The van der Waals surface area contributed by atoms with Gasteiger partial charge in [0.1, 0.15) is 0 Å². The van der Waals surface area contributed by atoms with Crippen LogP contribution in [0.2, 0.25) is 0 Å². The average Bonchev–Trinajstić information content (AvgIpc) is 2.50. The van der Waals surface area contributed by atoms with Gasteiger partial charge in [-0.2, -0.15) is 5.10 Å². The molecule has 78 valence electrons. The topological polar surface area (TPSA) is 29.9 Å². The van der Waals surface area contributed by atoms with Crippen LogP contribution in [0.25, 0.3) is 0 Å². The molecule has 1 heterocycles. The van der Waals surface area contributed by atoms with E-state index in [-0.39, 0.29) is 0 Å². The zero-order valence-electron chi connectivity index (χ0n) is 9.08. The fourth-order valence-electron chi connectivity index (χ4n) is 1.26. The fourth-order valence-corrected chi connectivity index (χ4v) is 1.26. The lowest BCUT2D eigenvalue weighted by Crippen LogP contribution is -2.18. The molecule has 1 rings (SSSR count). The summed E-state index contributed by atoms with van der Waals surface area (Å²) in [5.41, 5.74) is 2.52. The number of rotatable bonds is 6. The first-order valence-electron chi connectivity index (χ1n) is 5.01. The third-order valence-corrected chi connectivity index (χ3v) is 2.08. The number of hydrogen-bond donors (Lipinski definition) is 1. The molecule has 0 aliphatic heterocycles. The van der Waals surface area contributed by atoms with Crippen LogP contribution in [0, 0.1) is 0 Å². The smallest absolute Gasteiger partial charge is 0.0522 e. The zero-order valence-corrected chi connectivity index (χ0v) is 9.08. The maximum Gasteiger partial charge on any atom is 0.0522 e. The molecule has 0 bridgehead atoms. The number of nitrogens with one attached hydrogen (secondary N) is 1. The summed E-state index contributed by atoms with van der Waals surface area (Å²) in [7, 11) is 1.94. The van der Waals surface area contributed by atoms with Crippen LogP contribution in [-0.4, -0.2) is 22.9 Å². The molecule has 0 aromatic carbocycles. The van der Waals surface area contributed by atoms with E-state index in [0.717, 1.165) is 25.9 Å². The molecule has 1 aromatic rings. The van der Waals surface area contributed by atoms with E-state index >= 15 is 0 Å². The zero-order chi connectivity index (χ0) is 10.4. The normalized spacial score (nSPS) is 10.4. The highest BCUT2D eigenvalue weighted by Crippen LogP contribution is 1.96. The summed E-state index contributed by atoms with van der Waals surface area (Å²) in [6, 6.07) is 0. The van der Waals surface area contributed by atoms with Crippen molar-refractivity contribution in [2.24, 2.45) is 7.05 Å². The van der Waals surface area contributed by atoms with Crippen molar-refractivity contribution in [1.82, 2.24) is 15.1 Å². The first kappa shape index (κ1) is 11.0. The molecular formula is C11H19N3. The highest BCUT2D eigenvalue weighted by molar-refractivity contribution is 5.03. The molecule has 3 nitrogen and oxygen atoms in total. The van der Waals surface area contributed by atoms with Gasteiger partial charge in [-0.1, -0.05) is 5.57 Å². The van der Waals surface area contributed by atoms with Crippen LogP contribution in [0.4, 0.5) is 0 Å². The van der Waals surface area contributed by atoms with Gasteiger partial charge in [0.15, 0.2) is 0 Å². The maximum atomic E-state index is 4.12. The summed E-state index contributed by atoms with van der Waals surface area (Å²) in [5.74, 6) is 0. The van der Waals surface area contributed by atoms with Gasteiger partial charge < -0.3 is 5.32 Å². The molecule has 0 radical (unpaired) electrons. The van der Waals surface area contributed by atoms with Gasteiger partial charge in [-0.3, -0.25) is 4.68 Å². The van der Waals surface area contributed by atoms with Crippen LogP contribution in [0.5, 0.6) is 0 Å². The molecule has 14 heavy (non-hydrogen) atoms. The van der Waals surface area contributed by atoms with E-state index in [0.29, 0.717) is 0 Å². The van der Waals surface area contributed by atoms with Gasteiger partial charge in [-0.05, 0) is 38.4 Å². The Labute approximate surface area is 85.8 Å². The predicted molar refractivity (Wildman–Crippen MR) is 59.2 cm³/mol. The van der Waals surface area contributed by atoms with Gasteiger partial charge in [0, 0.05) is 13.2 Å². The number of aryl methyl sites for hydroxylation is 1. The molecule has 1 N–H and O–H groups in total. The molecule has 0 unspecified atom stereocenters. The molecule has 0 atom stereocenters. The quantitative estimate of drug-likeness (QED) is 0.548. The molecule has 0 fully saturated rings. The van der Waals surface area contributed by atoms with Crippen molar-refractivity contribution < 1.29 is 0 Å². The molecular weight excluding hydrogens is 174 g/mol. The van der Waals surface area contributed by atoms with Gasteiger partial charge in [0.25, 0.3) is 0 Å². The van der Waals surface area contributed by atoms with Crippen LogP contribution >= 0.6 is 0 Å². The Kier molecular flexibility index (Phi) is 4.40. The van der Waals surface area contributed by atoms with Crippen molar-refractivity contribution in [1.29, 1.82) is 0 Å². The van der Waals surface area contributed by atoms with E-state index in [9.17, 15) is 0 Å². The lowest BCUT2D eigenvalue weighted by molar-refractivity contribution is 0.679. The summed E-state index contributed by atoms with van der Waals surface area (Å²) in [4.78, 5) is 0. The minimum atomic E-state index is 1.01. The largest absolute Gasteiger partial charge is 0.316 e. The summed E-state index contributed by atoms with van der Waals surface area (Å²) in [6.45, 7) is 7.96. The standard InChI is InChI=1S/C11H19N3/c1-10(2)4-6-12-7-5-11-8-13-14(3)9-11/h8-9,12H,1,4-7H2,2-3H3. The van der Waals surface area contributed by atoms with Crippen LogP contribution in [-0.2, 0) is 13.5 Å². The first-order valence-corrected chi connectivity index (χ1v) is 5.01. The summed E-state index contributed by atoms with van der Waals surface area (Å²) in [5, 5.41) is 7.50. The second-order valence-electron chi connectivity index (χ2n) is 3.73. The van der Waals surface area contributed by atoms with Crippen LogP contribution in [0.1, 0.15) is 18.9 Å². The monoisotopic (exact) mass is 193 g/mol. The fraction of sp³-hybridized carbons (Fsp3) is 0.545. The Morgan fingerprint density at radius 2 is 2.36 bits per heavy atom. The summed E-state index contributed by atoms with van der Waals surface area (Å²) >= 11 is 0. The van der Waals surface area contributed by atoms with Crippen LogP contribution in [0.3, 0.4) is 0 Å². The highest BCUT2D eigenvalue weighted by Gasteiger charge is 1.95. The van der Waals surface area contributed by atoms with E-state index in [4.69, 9.17) is 0 Å². The van der Waals surface area contributed by atoms with E-state index < -0.39 is 0 Å². The molecule has 0 saturated heterocycles. The van der Waals surface area contributed by atoms with Crippen molar-refractivity contribution in [2.75, 3.05) is 13.1 Å². The van der Waals surface area contributed by atoms with E-state index in [2.05, 4.69) is 30.1 Å². The van der Waals surface area contributed by atoms with Crippen LogP contribution < -0.4 is 5.32 Å². The minimum Gasteiger partial charge on any atom is -0.316 e. The van der Waals surface area contributed by atoms with Gasteiger partial charge in [0.05, 0.1) is 6.20 Å². The van der Waals surface area contributed by atoms with Crippen molar-refractivity contribution >= 4 is 0 Å². The number of hydrogen-bond acceptors (Lipinski definition) is 2. The summed E-state index contributed by atoms with van der Waals surface area (Å²) < 4.78 is 1.84. The molecule has 3 heteroatoms. The Morgan fingerprint density at radius 3 is 2.93 bits per heavy atom. The third-order valence-electron chi connectivity index (χ3n) is 2.08. The lowest BCUT2D eigenvalue weighted by atomic mass is 10.2. The van der Waals surface area contributed by atoms with Crippen molar-refractivity contribution in [2.45, 2.75) is 19.8 Å². The molecule has 0 spiro atoms. The Morgan fingerprint density at radius 1 is 1.57 bits per heavy atom. The highest BCUT2D eigenvalue weighted by atomic mass is 15.2. The summed E-state index contributed by atoms with van der Waals surface area (Å²) in [6.07, 6.45) is 6.08. The molecule has 0 saturated carbocycles. The van der Waals surface area contributed by atoms with Gasteiger partial charge >= 0.3 is 0 Å². The van der Waals surface area contributed by atoms with E-state index in [1.54, 1.807) is 0 Å². The third kappa shape index (κ3) is 4.23. The Balaban J connectivity index is 2.07. The molecule has 0 aliphatic carbocycles. The van der Waals surface area contributed by atoms with Crippen LogP contribution in [0.15, 0.2) is 24.5 Å². The first-order chi connectivity index (χ1) is 6.68. The lowest BCUT2D eigenvalue weighted by Gasteiger charge is -2.02. The Bertz CT molecular complexity index is 288. The van der Waals surface area contributed by atoms with Gasteiger partial charge in [-0.15, -0.1) is 6.58 Å². The SMILES string of the molecule is C=C(C)CCNCCc1cnn(C)c1. The maximum absolute atomic E-state index is 4.12. The Hall–Kier alpha value is -1.09. The number of aromatic nitrogens is 2. The number of nitrogens with zero attached hydrogens (tertiary/aromatic N) is 2. The van der Waals surface area contributed by atoms with Crippen molar-refractivity contribution in [3.8, 4) is 0 Å². The second kappa shape index (κ2) is 5.60. The van der Waals surface area contributed by atoms with E-state index in [1.807, 2.05) is 17.9 Å². The average molecular weight is 193 g/mol. The van der Waals surface area contributed by atoms with Gasteiger partial charge in [0.2, 0.25) is 0 Å². The molecule has 1 aromatic heterocycles. The van der Waals surface area contributed by atoms with Crippen molar-refractivity contribution in [3.05, 3.63) is 30.1 Å².